The van der Waals surface area contributed by atoms with Crippen molar-refractivity contribution in [2.75, 3.05) is 0 Å². The van der Waals surface area contributed by atoms with Crippen LogP contribution >= 0.6 is 15.8 Å². The SMILES string of the molecule is C1=CCC=C1.Cc1cc(C)cc(P(c2cc(C)cc(C)c2)C(C)C2C=CC=C2P(c2ccco2)c2ccco2)c1.[Fe]. The minimum atomic E-state index is -0.862. The molecule has 5 heteroatoms. The van der Waals surface area contributed by atoms with Gasteiger partial charge in [-0.15, -0.1) is 0 Å². The van der Waals surface area contributed by atoms with Crippen LogP contribution in [0.1, 0.15) is 35.6 Å². The van der Waals surface area contributed by atoms with Crippen molar-refractivity contribution in [3.05, 3.63) is 143 Å². The van der Waals surface area contributed by atoms with E-state index < -0.39 is 15.8 Å². The molecular weight excluding hydrogens is 582 g/mol. The maximum Gasteiger partial charge on any atom is 0.137 e. The van der Waals surface area contributed by atoms with Gasteiger partial charge in [-0.3, -0.25) is 0 Å². The Kier molecular flexibility index (Phi) is 11.1. The number of aryl methyl sites for hydroxylation is 4. The van der Waals surface area contributed by atoms with E-state index in [1.54, 1.807) is 12.5 Å². The third-order valence-corrected chi connectivity index (χ3v) is 12.3. The van der Waals surface area contributed by atoms with Gasteiger partial charge in [0, 0.05) is 23.0 Å². The molecule has 2 nitrogen and oxygen atoms in total. The molecule has 2 heterocycles. The largest absolute Gasteiger partial charge is 0.464 e. The van der Waals surface area contributed by atoms with Crippen LogP contribution in [0.3, 0.4) is 0 Å². The standard InChI is InChI=1S/C31H32O2P2.C5H6.Fe/c1-21-15-22(2)18-26(17-21)34(27-19-23(3)16-24(4)20-27)25(5)28-9-6-10-29(28)35(30-11-7-13-32-30)31-12-8-14-33-31;1-2-4-5-3-1;/h6-20,25,28H,1-5H3;1-4H,5H2;. The van der Waals surface area contributed by atoms with E-state index in [1.165, 1.54) is 38.2 Å². The van der Waals surface area contributed by atoms with Gasteiger partial charge in [0.05, 0.1) is 20.4 Å². The zero-order valence-electron chi connectivity index (χ0n) is 24.4. The van der Waals surface area contributed by atoms with Crippen molar-refractivity contribution in [1.29, 1.82) is 0 Å². The van der Waals surface area contributed by atoms with Crippen LogP contribution in [0.4, 0.5) is 0 Å². The molecule has 0 N–H and O–H groups in total. The van der Waals surface area contributed by atoms with Crippen LogP contribution in [0.5, 0.6) is 0 Å². The summed E-state index contributed by atoms with van der Waals surface area (Å²) in [6, 6.07) is 22.3. The smallest absolute Gasteiger partial charge is 0.137 e. The van der Waals surface area contributed by atoms with E-state index in [0.29, 0.717) is 11.6 Å². The predicted octanol–water partition coefficient (Wildman–Crippen LogP) is 8.63. The van der Waals surface area contributed by atoms with Gasteiger partial charge < -0.3 is 8.83 Å². The van der Waals surface area contributed by atoms with Gasteiger partial charge in [0.1, 0.15) is 11.0 Å². The van der Waals surface area contributed by atoms with Gasteiger partial charge in [-0.2, -0.15) is 0 Å². The first-order valence-corrected chi connectivity index (χ1v) is 16.7. The quantitative estimate of drug-likeness (QED) is 0.153. The Morgan fingerprint density at radius 1 is 0.707 bits per heavy atom. The summed E-state index contributed by atoms with van der Waals surface area (Å²) in [6.07, 6.45) is 20.0. The fraction of sp³-hybridized carbons (Fsp3) is 0.222. The van der Waals surface area contributed by atoms with E-state index >= 15 is 0 Å². The summed E-state index contributed by atoms with van der Waals surface area (Å²) >= 11 is 0. The Balaban J connectivity index is 0.000000584. The van der Waals surface area contributed by atoms with Crippen LogP contribution in [0.2, 0.25) is 0 Å². The third kappa shape index (κ3) is 7.60. The van der Waals surface area contributed by atoms with Crippen molar-refractivity contribution in [2.45, 2.75) is 46.7 Å². The minimum Gasteiger partial charge on any atom is -0.464 e. The maximum atomic E-state index is 5.96. The van der Waals surface area contributed by atoms with Crippen LogP contribution in [0.15, 0.2) is 130 Å². The average Bonchev–Trinajstić information content (AvgIpc) is 3.74. The van der Waals surface area contributed by atoms with Gasteiger partial charge in [-0.25, -0.2) is 0 Å². The molecule has 0 fully saturated rings. The number of furan rings is 2. The van der Waals surface area contributed by atoms with Crippen molar-refractivity contribution in [2.24, 2.45) is 5.92 Å². The topological polar surface area (TPSA) is 26.3 Å². The first-order chi connectivity index (χ1) is 19.4. The van der Waals surface area contributed by atoms with Crippen molar-refractivity contribution in [3.8, 4) is 0 Å². The van der Waals surface area contributed by atoms with E-state index in [4.69, 9.17) is 8.83 Å². The first-order valence-electron chi connectivity index (χ1n) is 13.9. The minimum absolute atomic E-state index is 0. The molecule has 0 radical (unpaired) electrons. The zero-order valence-corrected chi connectivity index (χ0v) is 27.3. The summed E-state index contributed by atoms with van der Waals surface area (Å²) in [5.74, 6) is 0.309. The molecule has 6 rings (SSSR count). The van der Waals surface area contributed by atoms with Gasteiger partial charge in [0.25, 0.3) is 0 Å². The molecule has 212 valence electrons. The fourth-order valence-corrected chi connectivity index (χ4v) is 11.3. The van der Waals surface area contributed by atoms with E-state index in [2.05, 4.69) is 126 Å². The normalized spacial score (nSPS) is 16.1. The maximum absolute atomic E-state index is 5.96. The third-order valence-electron chi connectivity index (χ3n) is 7.19. The first kappa shape index (κ1) is 31.3. The summed E-state index contributed by atoms with van der Waals surface area (Å²) in [6.45, 7) is 11.3. The molecule has 0 bridgehead atoms. The van der Waals surface area contributed by atoms with Crippen LogP contribution in [-0.4, -0.2) is 5.66 Å². The van der Waals surface area contributed by atoms with E-state index in [9.17, 15) is 0 Å². The number of rotatable bonds is 7. The molecule has 4 aromatic rings. The molecule has 2 unspecified atom stereocenters. The second-order valence-electron chi connectivity index (χ2n) is 10.6. The number of allylic oxidation sites excluding steroid dienone is 8. The molecule has 2 aliphatic rings. The van der Waals surface area contributed by atoms with Crippen LogP contribution in [0.25, 0.3) is 0 Å². The second kappa shape index (κ2) is 14.5. The monoisotopic (exact) mass is 620 g/mol. The molecular formula is C36H38FeO2P2. The summed E-state index contributed by atoms with van der Waals surface area (Å²) < 4.78 is 11.9. The Morgan fingerprint density at radius 3 is 1.59 bits per heavy atom. The van der Waals surface area contributed by atoms with E-state index in [0.717, 1.165) is 17.4 Å². The predicted molar refractivity (Wildman–Crippen MR) is 175 cm³/mol. The average molecular weight is 620 g/mol. The number of hydrogen-bond acceptors (Lipinski definition) is 2. The van der Waals surface area contributed by atoms with E-state index in [1.807, 2.05) is 12.1 Å². The van der Waals surface area contributed by atoms with E-state index in [-0.39, 0.29) is 17.1 Å². The molecule has 0 aliphatic heterocycles. The summed E-state index contributed by atoms with van der Waals surface area (Å²) in [5, 5.41) is 4.31. The Labute approximate surface area is 258 Å². The van der Waals surface area contributed by atoms with Crippen LogP contribution in [0, 0.1) is 33.6 Å². The van der Waals surface area contributed by atoms with Gasteiger partial charge in [0.2, 0.25) is 0 Å². The molecule has 0 saturated carbocycles. The Hall–Kier alpha value is -2.66. The molecule has 0 spiro atoms. The van der Waals surface area contributed by atoms with Crippen molar-refractivity contribution in [1.82, 2.24) is 0 Å². The van der Waals surface area contributed by atoms with Crippen LogP contribution in [-0.2, 0) is 17.1 Å². The Morgan fingerprint density at radius 2 is 1.20 bits per heavy atom. The molecule has 2 aromatic carbocycles. The summed E-state index contributed by atoms with van der Waals surface area (Å²) in [5.41, 5.74) is 7.71. The van der Waals surface area contributed by atoms with Gasteiger partial charge >= 0.3 is 0 Å². The summed E-state index contributed by atoms with van der Waals surface area (Å²) in [4.78, 5) is 0. The Bertz CT molecular complexity index is 1410. The van der Waals surface area contributed by atoms with Gasteiger partial charge in [-0.05, 0) is 87.9 Å². The fourth-order valence-electron chi connectivity index (χ4n) is 5.62. The molecule has 2 atom stereocenters. The second-order valence-corrected chi connectivity index (χ2v) is 15.3. The molecule has 2 aliphatic carbocycles. The number of hydrogen-bond donors (Lipinski definition) is 0. The molecule has 2 aromatic heterocycles. The van der Waals surface area contributed by atoms with Crippen molar-refractivity contribution in [3.63, 3.8) is 0 Å². The van der Waals surface area contributed by atoms with Crippen molar-refractivity contribution >= 4 is 37.5 Å². The van der Waals surface area contributed by atoms with Gasteiger partial charge in [-0.1, -0.05) is 108 Å². The van der Waals surface area contributed by atoms with Gasteiger partial charge in [0.15, 0.2) is 0 Å². The summed E-state index contributed by atoms with van der Waals surface area (Å²) in [7, 11) is -1.46. The van der Waals surface area contributed by atoms with Crippen molar-refractivity contribution < 1.29 is 25.9 Å². The number of benzene rings is 2. The zero-order chi connectivity index (χ0) is 28.1. The molecule has 0 saturated heterocycles. The molecule has 41 heavy (non-hydrogen) atoms. The van der Waals surface area contributed by atoms with Crippen LogP contribution < -0.4 is 21.6 Å². The molecule has 0 amide bonds.